The Labute approximate surface area is 70.4 Å². The number of nitrogens with zero attached hydrogens (tertiary/aromatic N) is 3. The molecule has 1 heterocycles. The van der Waals surface area contributed by atoms with Gasteiger partial charge in [0.05, 0.1) is 17.8 Å². The molecule has 1 unspecified atom stereocenters. The van der Waals surface area contributed by atoms with E-state index in [0.717, 1.165) is 17.4 Å². The normalized spacial score (nSPS) is 13.8. The van der Waals surface area contributed by atoms with Gasteiger partial charge in [-0.1, -0.05) is 0 Å². The first kappa shape index (κ1) is 8.42. The van der Waals surface area contributed by atoms with Gasteiger partial charge >= 0.3 is 0 Å². The molecule has 0 saturated carbocycles. The van der Waals surface area contributed by atoms with Gasteiger partial charge in [0.15, 0.2) is 5.82 Å². The topological polar surface area (TPSA) is 55.0 Å². The molecule has 0 aliphatic rings. The van der Waals surface area contributed by atoms with Gasteiger partial charge in [0, 0.05) is 0 Å². The number of hydrogen-bond acceptors (Lipinski definition) is 5. The predicted molar refractivity (Wildman–Crippen MR) is 46.4 cm³/mol. The van der Waals surface area contributed by atoms with Gasteiger partial charge < -0.3 is 10.6 Å². The van der Waals surface area contributed by atoms with Gasteiger partial charge in [-0.15, -0.1) is 0 Å². The molecule has 0 radical (unpaired) electrons. The second-order valence-electron chi connectivity index (χ2n) is 2.67. The third-order valence-corrected chi connectivity index (χ3v) is 2.27. The highest BCUT2D eigenvalue weighted by atomic mass is 32.1. The second-order valence-corrected chi connectivity index (χ2v) is 3.20. The minimum atomic E-state index is 0.244. The summed E-state index contributed by atoms with van der Waals surface area (Å²) in [6, 6.07) is 0.244. The predicted octanol–water partition coefficient (Wildman–Crippen LogP) is 0.743. The van der Waals surface area contributed by atoms with E-state index in [-0.39, 0.29) is 6.04 Å². The summed E-state index contributed by atoms with van der Waals surface area (Å²) in [6.07, 6.45) is 0. The van der Waals surface area contributed by atoms with Crippen molar-refractivity contribution in [2.24, 2.45) is 0 Å². The zero-order valence-electron chi connectivity index (χ0n) is 6.90. The number of nitrogen functional groups attached to an aromatic ring is 1. The lowest BCUT2D eigenvalue weighted by Crippen LogP contribution is -2.18. The summed E-state index contributed by atoms with van der Waals surface area (Å²) in [5.41, 5.74) is 6.46. The van der Waals surface area contributed by atoms with Crippen LogP contribution in [0.1, 0.15) is 18.7 Å². The lowest BCUT2D eigenvalue weighted by Gasteiger charge is -2.17. The SMILES string of the molecule is CC(c1nsnc1N)N(C)C. The van der Waals surface area contributed by atoms with Gasteiger partial charge in [-0.2, -0.15) is 8.75 Å². The van der Waals surface area contributed by atoms with E-state index < -0.39 is 0 Å². The van der Waals surface area contributed by atoms with Crippen LogP contribution in [-0.4, -0.2) is 27.7 Å². The molecule has 62 valence electrons. The quantitative estimate of drug-likeness (QED) is 0.715. The Bertz CT molecular complexity index is 232. The Balaban J connectivity index is 2.84. The molecular weight excluding hydrogens is 160 g/mol. The molecule has 0 spiro atoms. The molecule has 0 saturated heterocycles. The van der Waals surface area contributed by atoms with Crippen molar-refractivity contribution in [3.05, 3.63) is 5.69 Å². The van der Waals surface area contributed by atoms with E-state index in [9.17, 15) is 0 Å². The van der Waals surface area contributed by atoms with Crippen LogP contribution >= 0.6 is 11.7 Å². The second kappa shape index (κ2) is 3.15. The third kappa shape index (κ3) is 1.66. The maximum atomic E-state index is 5.59. The first-order chi connectivity index (χ1) is 5.13. The monoisotopic (exact) mass is 172 g/mol. The zero-order chi connectivity index (χ0) is 8.43. The van der Waals surface area contributed by atoms with Gasteiger partial charge in [0.2, 0.25) is 0 Å². The molecule has 1 aromatic heterocycles. The number of rotatable bonds is 2. The van der Waals surface area contributed by atoms with Crippen molar-refractivity contribution in [1.82, 2.24) is 13.6 Å². The van der Waals surface area contributed by atoms with Crippen LogP contribution in [0.2, 0.25) is 0 Å². The molecule has 0 bridgehead atoms. The lowest BCUT2D eigenvalue weighted by molar-refractivity contribution is 0.317. The molecule has 1 rings (SSSR count). The summed E-state index contributed by atoms with van der Waals surface area (Å²) in [5.74, 6) is 0.552. The highest BCUT2D eigenvalue weighted by molar-refractivity contribution is 6.99. The summed E-state index contributed by atoms with van der Waals surface area (Å²) >= 11 is 1.16. The largest absolute Gasteiger partial charge is 0.381 e. The molecular formula is C6H12N4S. The Morgan fingerprint density at radius 1 is 1.45 bits per heavy atom. The Morgan fingerprint density at radius 3 is 2.45 bits per heavy atom. The molecule has 5 heteroatoms. The van der Waals surface area contributed by atoms with Gasteiger partial charge in [0.1, 0.15) is 5.69 Å². The molecule has 1 aromatic rings. The highest BCUT2D eigenvalue weighted by Gasteiger charge is 2.14. The van der Waals surface area contributed by atoms with Crippen molar-refractivity contribution < 1.29 is 0 Å². The van der Waals surface area contributed by atoms with Crippen LogP contribution in [0.4, 0.5) is 5.82 Å². The van der Waals surface area contributed by atoms with Crippen LogP contribution in [0.5, 0.6) is 0 Å². The first-order valence-electron chi connectivity index (χ1n) is 3.37. The molecule has 1 atom stereocenters. The van der Waals surface area contributed by atoms with E-state index in [1.54, 1.807) is 0 Å². The van der Waals surface area contributed by atoms with Crippen LogP contribution in [0.15, 0.2) is 0 Å². The molecule has 0 aliphatic heterocycles. The molecule has 4 nitrogen and oxygen atoms in total. The lowest BCUT2D eigenvalue weighted by atomic mass is 10.2. The van der Waals surface area contributed by atoms with Crippen LogP contribution in [0.25, 0.3) is 0 Å². The maximum Gasteiger partial charge on any atom is 0.162 e. The Hall–Kier alpha value is -0.680. The van der Waals surface area contributed by atoms with Crippen LogP contribution in [0, 0.1) is 0 Å². The average Bonchev–Trinajstić information content (AvgIpc) is 2.33. The summed E-state index contributed by atoms with van der Waals surface area (Å²) < 4.78 is 8.00. The summed E-state index contributed by atoms with van der Waals surface area (Å²) in [4.78, 5) is 2.05. The first-order valence-corrected chi connectivity index (χ1v) is 4.10. The highest BCUT2D eigenvalue weighted by Crippen LogP contribution is 2.20. The van der Waals surface area contributed by atoms with Crippen LogP contribution in [-0.2, 0) is 0 Å². The Morgan fingerprint density at radius 2 is 2.09 bits per heavy atom. The van der Waals surface area contributed by atoms with Crippen molar-refractivity contribution >= 4 is 17.5 Å². The summed E-state index contributed by atoms with van der Waals surface area (Å²) in [5, 5.41) is 0. The van der Waals surface area contributed by atoms with Gasteiger partial charge in [-0.25, -0.2) is 0 Å². The number of nitrogens with two attached hydrogens (primary N) is 1. The number of anilines is 1. The fraction of sp³-hybridized carbons (Fsp3) is 0.667. The van der Waals surface area contributed by atoms with E-state index in [1.165, 1.54) is 0 Å². The van der Waals surface area contributed by atoms with E-state index in [4.69, 9.17) is 5.73 Å². The summed E-state index contributed by atoms with van der Waals surface area (Å²) in [7, 11) is 3.98. The van der Waals surface area contributed by atoms with E-state index in [1.807, 2.05) is 25.9 Å². The molecule has 0 aliphatic carbocycles. The van der Waals surface area contributed by atoms with Crippen LogP contribution < -0.4 is 5.73 Å². The Kier molecular flexibility index (Phi) is 2.41. The average molecular weight is 172 g/mol. The van der Waals surface area contributed by atoms with E-state index in [0.29, 0.717) is 5.82 Å². The fourth-order valence-electron chi connectivity index (χ4n) is 0.737. The van der Waals surface area contributed by atoms with Crippen LogP contribution in [0.3, 0.4) is 0 Å². The zero-order valence-corrected chi connectivity index (χ0v) is 7.72. The molecule has 0 aromatic carbocycles. The third-order valence-electron chi connectivity index (χ3n) is 1.71. The van der Waals surface area contributed by atoms with E-state index >= 15 is 0 Å². The van der Waals surface area contributed by atoms with E-state index in [2.05, 4.69) is 8.75 Å². The fourth-order valence-corrected chi connectivity index (χ4v) is 1.29. The smallest absolute Gasteiger partial charge is 0.162 e. The van der Waals surface area contributed by atoms with Gasteiger partial charge in [-0.05, 0) is 21.0 Å². The van der Waals surface area contributed by atoms with Crippen molar-refractivity contribution in [2.45, 2.75) is 13.0 Å². The molecule has 2 N–H and O–H groups in total. The van der Waals surface area contributed by atoms with Gasteiger partial charge in [-0.3, -0.25) is 0 Å². The maximum absolute atomic E-state index is 5.59. The number of aromatic nitrogens is 2. The van der Waals surface area contributed by atoms with Crippen molar-refractivity contribution in [1.29, 1.82) is 0 Å². The van der Waals surface area contributed by atoms with Crippen molar-refractivity contribution in [3.63, 3.8) is 0 Å². The number of hydrogen-bond donors (Lipinski definition) is 1. The molecule has 11 heavy (non-hydrogen) atoms. The van der Waals surface area contributed by atoms with Crippen molar-refractivity contribution in [3.8, 4) is 0 Å². The summed E-state index contributed by atoms with van der Waals surface area (Å²) in [6.45, 7) is 2.05. The minimum absolute atomic E-state index is 0.244. The molecule has 0 fully saturated rings. The molecule has 0 amide bonds. The van der Waals surface area contributed by atoms with Gasteiger partial charge in [0.25, 0.3) is 0 Å². The van der Waals surface area contributed by atoms with Crippen molar-refractivity contribution in [2.75, 3.05) is 19.8 Å². The minimum Gasteiger partial charge on any atom is -0.381 e. The standard InChI is InChI=1S/C6H12N4S/c1-4(10(2)3)5-6(7)9-11-8-5/h4H,1-3H3,(H2,7,9).